The highest BCUT2D eigenvalue weighted by Crippen LogP contribution is 2.28. The monoisotopic (exact) mass is 300 g/mol. The number of nitriles is 1. The second-order valence-electron chi connectivity index (χ2n) is 6.16. The lowest BCUT2D eigenvalue weighted by Crippen LogP contribution is -2.13. The molecule has 1 unspecified atom stereocenters. The average molecular weight is 300 g/mol. The van der Waals surface area contributed by atoms with E-state index in [-0.39, 0.29) is 11.5 Å². The van der Waals surface area contributed by atoms with E-state index in [4.69, 9.17) is 10.2 Å². The molecule has 2 aromatic heterocycles. The van der Waals surface area contributed by atoms with Gasteiger partial charge in [-0.15, -0.1) is 11.3 Å². The van der Waals surface area contributed by atoms with Crippen LogP contribution in [0, 0.1) is 18.3 Å². The second kappa shape index (κ2) is 5.82. The molecule has 0 fully saturated rings. The first kappa shape index (κ1) is 15.5. The summed E-state index contributed by atoms with van der Waals surface area (Å²) in [7, 11) is 0. The summed E-state index contributed by atoms with van der Waals surface area (Å²) in [6.45, 7) is 10.4. The molecule has 1 atom stereocenters. The van der Waals surface area contributed by atoms with Crippen molar-refractivity contribution in [3.05, 3.63) is 39.5 Å². The van der Waals surface area contributed by atoms with Crippen LogP contribution in [0.3, 0.4) is 0 Å². The zero-order valence-electron chi connectivity index (χ0n) is 13.1. The Bertz CT molecular complexity index is 676. The second-order valence-corrected chi connectivity index (χ2v) is 7.05. The van der Waals surface area contributed by atoms with E-state index in [1.54, 1.807) is 11.3 Å². The van der Waals surface area contributed by atoms with Gasteiger partial charge in [0.15, 0.2) is 0 Å². The number of nitrogens with zero attached hydrogens (tertiary/aromatic N) is 3. The quantitative estimate of drug-likeness (QED) is 0.923. The van der Waals surface area contributed by atoms with Crippen molar-refractivity contribution in [1.82, 2.24) is 9.97 Å². The third kappa shape index (κ3) is 3.59. The number of anilines is 1. The molecule has 2 heterocycles. The van der Waals surface area contributed by atoms with Crippen LogP contribution >= 0.6 is 11.3 Å². The molecular weight excluding hydrogens is 280 g/mol. The molecule has 2 rings (SSSR count). The van der Waals surface area contributed by atoms with E-state index in [1.807, 2.05) is 19.1 Å². The molecule has 0 amide bonds. The van der Waals surface area contributed by atoms with Crippen LogP contribution in [0.2, 0.25) is 0 Å². The molecule has 0 aromatic carbocycles. The van der Waals surface area contributed by atoms with Gasteiger partial charge in [-0.25, -0.2) is 9.97 Å². The van der Waals surface area contributed by atoms with Crippen molar-refractivity contribution in [2.75, 3.05) is 5.32 Å². The first-order valence-corrected chi connectivity index (χ1v) is 7.79. The summed E-state index contributed by atoms with van der Waals surface area (Å²) in [5, 5.41) is 15.5. The number of hydrogen-bond acceptors (Lipinski definition) is 5. The van der Waals surface area contributed by atoms with E-state index in [0.29, 0.717) is 11.5 Å². The smallest absolute Gasteiger partial charge is 0.145 e. The summed E-state index contributed by atoms with van der Waals surface area (Å²) >= 11 is 1.65. The largest absolute Gasteiger partial charge is 0.361 e. The minimum Gasteiger partial charge on any atom is -0.361 e. The Morgan fingerprint density at radius 2 is 2.00 bits per heavy atom. The molecule has 5 heteroatoms. The van der Waals surface area contributed by atoms with Gasteiger partial charge in [0.25, 0.3) is 0 Å². The standard InChI is InChI=1S/C16H20N4S/c1-10-6-7-14(19-12(10)8-17)18-11(2)15-20-13(9-21-15)16(3,4)5/h6-7,9,11H,1-5H3,(H,18,19). The summed E-state index contributed by atoms with van der Waals surface area (Å²) < 4.78 is 0. The fraction of sp³-hybridized carbons (Fsp3) is 0.438. The lowest BCUT2D eigenvalue weighted by atomic mass is 9.93. The van der Waals surface area contributed by atoms with Crippen molar-refractivity contribution in [3.8, 4) is 6.07 Å². The molecule has 0 aliphatic heterocycles. The molecular formula is C16H20N4S. The van der Waals surface area contributed by atoms with E-state index in [1.165, 1.54) is 0 Å². The fourth-order valence-electron chi connectivity index (χ4n) is 1.84. The minimum absolute atomic E-state index is 0.0601. The summed E-state index contributed by atoms with van der Waals surface area (Å²) in [5.41, 5.74) is 2.51. The topological polar surface area (TPSA) is 61.6 Å². The van der Waals surface area contributed by atoms with Crippen LogP contribution < -0.4 is 5.32 Å². The van der Waals surface area contributed by atoms with Gasteiger partial charge >= 0.3 is 0 Å². The van der Waals surface area contributed by atoms with Crippen molar-refractivity contribution < 1.29 is 0 Å². The van der Waals surface area contributed by atoms with Gasteiger partial charge in [-0.2, -0.15) is 5.26 Å². The van der Waals surface area contributed by atoms with Crippen LogP contribution in [-0.4, -0.2) is 9.97 Å². The molecule has 4 nitrogen and oxygen atoms in total. The number of aromatic nitrogens is 2. The number of pyridine rings is 1. The Labute approximate surface area is 129 Å². The van der Waals surface area contributed by atoms with E-state index in [9.17, 15) is 0 Å². The molecule has 0 radical (unpaired) electrons. The zero-order chi connectivity index (χ0) is 15.6. The Kier molecular flexibility index (Phi) is 4.29. The number of nitrogens with one attached hydrogen (secondary N) is 1. The summed E-state index contributed by atoms with van der Waals surface area (Å²) in [5.74, 6) is 0.706. The summed E-state index contributed by atoms with van der Waals surface area (Å²) in [6.07, 6.45) is 0. The third-order valence-corrected chi connectivity index (χ3v) is 4.26. The summed E-state index contributed by atoms with van der Waals surface area (Å²) in [4.78, 5) is 9.02. The maximum Gasteiger partial charge on any atom is 0.145 e. The van der Waals surface area contributed by atoms with Crippen LogP contribution in [0.4, 0.5) is 5.82 Å². The van der Waals surface area contributed by atoms with Gasteiger partial charge in [-0.3, -0.25) is 0 Å². The zero-order valence-corrected chi connectivity index (χ0v) is 13.9. The van der Waals surface area contributed by atoms with E-state index >= 15 is 0 Å². The third-order valence-electron chi connectivity index (χ3n) is 3.23. The maximum absolute atomic E-state index is 9.04. The minimum atomic E-state index is 0.0601. The molecule has 0 saturated carbocycles. The first-order valence-electron chi connectivity index (χ1n) is 6.91. The van der Waals surface area contributed by atoms with E-state index < -0.39 is 0 Å². The number of hydrogen-bond donors (Lipinski definition) is 1. The molecule has 1 N–H and O–H groups in total. The molecule has 2 aromatic rings. The maximum atomic E-state index is 9.04. The highest BCUT2D eigenvalue weighted by atomic mass is 32.1. The van der Waals surface area contributed by atoms with Gasteiger partial charge < -0.3 is 5.32 Å². The number of aryl methyl sites for hydroxylation is 1. The van der Waals surface area contributed by atoms with Gasteiger partial charge in [0.2, 0.25) is 0 Å². The van der Waals surface area contributed by atoms with Crippen molar-refractivity contribution in [2.24, 2.45) is 0 Å². The SMILES string of the molecule is Cc1ccc(NC(C)c2nc(C(C)(C)C)cs2)nc1C#N. The van der Waals surface area contributed by atoms with Gasteiger partial charge in [0, 0.05) is 10.8 Å². The molecule has 0 spiro atoms. The molecule has 0 aliphatic carbocycles. The lowest BCUT2D eigenvalue weighted by Gasteiger charge is -2.15. The Balaban J connectivity index is 2.17. The van der Waals surface area contributed by atoms with Gasteiger partial charge in [-0.1, -0.05) is 26.8 Å². The van der Waals surface area contributed by atoms with Crippen LogP contribution in [0.5, 0.6) is 0 Å². The van der Waals surface area contributed by atoms with E-state index in [2.05, 4.69) is 49.4 Å². The van der Waals surface area contributed by atoms with Crippen molar-refractivity contribution >= 4 is 17.2 Å². The summed E-state index contributed by atoms with van der Waals surface area (Å²) in [6, 6.07) is 5.97. The predicted molar refractivity (Wildman–Crippen MR) is 86.5 cm³/mol. The van der Waals surface area contributed by atoms with Crippen molar-refractivity contribution in [3.63, 3.8) is 0 Å². The van der Waals surface area contributed by atoms with Crippen molar-refractivity contribution in [2.45, 2.75) is 46.1 Å². The number of rotatable bonds is 3. The number of thiazole rings is 1. The normalized spacial score (nSPS) is 12.8. The molecule has 0 saturated heterocycles. The van der Waals surface area contributed by atoms with E-state index in [0.717, 1.165) is 16.3 Å². The van der Waals surface area contributed by atoms with Gasteiger partial charge in [0.05, 0.1) is 11.7 Å². The molecule has 0 aliphatic rings. The van der Waals surface area contributed by atoms with Gasteiger partial charge in [-0.05, 0) is 25.5 Å². The Morgan fingerprint density at radius 1 is 1.29 bits per heavy atom. The lowest BCUT2D eigenvalue weighted by molar-refractivity contribution is 0.569. The fourth-order valence-corrected chi connectivity index (χ4v) is 2.89. The molecule has 110 valence electrons. The van der Waals surface area contributed by atoms with Gasteiger partial charge in [0.1, 0.15) is 22.6 Å². The Morgan fingerprint density at radius 3 is 2.57 bits per heavy atom. The predicted octanol–water partition coefficient (Wildman–Crippen LogP) is 4.19. The average Bonchev–Trinajstić information content (AvgIpc) is 2.90. The van der Waals surface area contributed by atoms with Crippen LogP contribution in [0.1, 0.15) is 55.7 Å². The van der Waals surface area contributed by atoms with Crippen LogP contribution in [0.25, 0.3) is 0 Å². The Hall–Kier alpha value is -1.93. The highest BCUT2D eigenvalue weighted by Gasteiger charge is 2.19. The first-order chi connectivity index (χ1) is 9.81. The molecule has 0 bridgehead atoms. The highest BCUT2D eigenvalue weighted by molar-refractivity contribution is 7.09. The molecule has 21 heavy (non-hydrogen) atoms. The van der Waals surface area contributed by atoms with Crippen LogP contribution in [-0.2, 0) is 5.41 Å². The van der Waals surface area contributed by atoms with Crippen molar-refractivity contribution in [1.29, 1.82) is 5.26 Å². The van der Waals surface area contributed by atoms with Crippen LogP contribution in [0.15, 0.2) is 17.5 Å².